The van der Waals surface area contributed by atoms with Gasteiger partial charge in [-0.1, -0.05) is 46.3 Å². The van der Waals surface area contributed by atoms with Crippen LogP contribution in [0.2, 0.25) is 0 Å². The van der Waals surface area contributed by atoms with Crippen LogP contribution in [0.15, 0.2) is 53.0 Å². The van der Waals surface area contributed by atoms with E-state index in [9.17, 15) is 4.79 Å². The molecule has 2 aromatic rings. The van der Waals surface area contributed by atoms with Gasteiger partial charge in [0.1, 0.15) is 0 Å². The number of morpholine rings is 1. The lowest BCUT2D eigenvalue weighted by atomic mass is 10.1. The standard InChI is InChI=1S/C21H25BrN2O2/c1-15-12-24(13-16(2)26-15)14-19-7-4-3-6-18(19)11-23-21(25)17-8-5-9-20(22)10-17/h3-10,15-16H,11-14H2,1-2H3,(H,23,25). The zero-order valence-corrected chi connectivity index (χ0v) is 16.8. The number of nitrogens with zero attached hydrogens (tertiary/aromatic N) is 1. The zero-order valence-electron chi connectivity index (χ0n) is 15.2. The van der Waals surface area contributed by atoms with Crippen molar-refractivity contribution in [3.05, 3.63) is 69.7 Å². The average molecular weight is 417 g/mol. The molecule has 1 amide bonds. The van der Waals surface area contributed by atoms with E-state index in [0.717, 1.165) is 29.7 Å². The second-order valence-corrected chi connectivity index (χ2v) is 7.83. The second kappa shape index (κ2) is 8.80. The smallest absolute Gasteiger partial charge is 0.251 e. The minimum absolute atomic E-state index is 0.0604. The number of carbonyl (C=O) groups excluding carboxylic acids is 1. The van der Waals surface area contributed by atoms with Gasteiger partial charge in [0.2, 0.25) is 0 Å². The number of benzene rings is 2. The van der Waals surface area contributed by atoms with Gasteiger partial charge in [-0.15, -0.1) is 0 Å². The zero-order chi connectivity index (χ0) is 18.5. The third kappa shape index (κ3) is 5.16. The van der Waals surface area contributed by atoms with E-state index in [2.05, 4.69) is 58.2 Å². The van der Waals surface area contributed by atoms with Crippen molar-refractivity contribution >= 4 is 21.8 Å². The summed E-state index contributed by atoms with van der Waals surface area (Å²) in [4.78, 5) is 14.8. The van der Waals surface area contributed by atoms with E-state index >= 15 is 0 Å². The second-order valence-electron chi connectivity index (χ2n) is 6.91. The molecule has 0 saturated carbocycles. The summed E-state index contributed by atoms with van der Waals surface area (Å²) in [5.74, 6) is -0.0604. The Labute approximate surface area is 163 Å². The molecule has 1 aliphatic heterocycles. The number of rotatable bonds is 5. The fraction of sp³-hybridized carbons (Fsp3) is 0.381. The van der Waals surface area contributed by atoms with Crippen molar-refractivity contribution < 1.29 is 9.53 Å². The van der Waals surface area contributed by atoms with Gasteiger partial charge in [-0.05, 0) is 43.2 Å². The molecule has 3 rings (SSSR count). The van der Waals surface area contributed by atoms with Crippen molar-refractivity contribution in [1.29, 1.82) is 0 Å². The van der Waals surface area contributed by atoms with Crippen molar-refractivity contribution in [2.45, 2.75) is 39.1 Å². The molecule has 2 unspecified atom stereocenters. The van der Waals surface area contributed by atoms with Gasteiger partial charge in [0.25, 0.3) is 5.91 Å². The highest BCUT2D eigenvalue weighted by atomic mass is 79.9. The Morgan fingerprint density at radius 2 is 1.81 bits per heavy atom. The van der Waals surface area contributed by atoms with Crippen LogP contribution in [-0.2, 0) is 17.8 Å². The molecular formula is C21H25BrN2O2. The van der Waals surface area contributed by atoms with Crippen molar-refractivity contribution in [1.82, 2.24) is 10.2 Å². The summed E-state index contributed by atoms with van der Waals surface area (Å²) in [6.45, 7) is 7.50. The summed E-state index contributed by atoms with van der Waals surface area (Å²) in [5, 5.41) is 3.03. The van der Waals surface area contributed by atoms with Gasteiger partial charge in [-0.2, -0.15) is 0 Å². The summed E-state index contributed by atoms with van der Waals surface area (Å²) in [5.41, 5.74) is 3.07. The monoisotopic (exact) mass is 416 g/mol. The first kappa shape index (κ1) is 19.1. The molecule has 0 spiro atoms. The van der Waals surface area contributed by atoms with Gasteiger partial charge in [0.05, 0.1) is 12.2 Å². The normalized spacial score (nSPS) is 20.7. The Bertz CT molecular complexity index is 755. The summed E-state index contributed by atoms with van der Waals surface area (Å²) < 4.78 is 6.72. The number of hydrogen-bond acceptors (Lipinski definition) is 3. The number of amides is 1. The Morgan fingerprint density at radius 3 is 2.50 bits per heavy atom. The molecule has 2 atom stereocenters. The molecule has 1 heterocycles. The molecule has 0 bridgehead atoms. The fourth-order valence-electron chi connectivity index (χ4n) is 3.45. The van der Waals surface area contributed by atoms with E-state index in [0.29, 0.717) is 12.1 Å². The lowest BCUT2D eigenvalue weighted by molar-refractivity contribution is -0.0705. The molecule has 0 radical (unpaired) electrons. The van der Waals surface area contributed by atoms with Crippen molar-refractivity contribution in [2.75, 3.05) is 13.1 Å². The van der Waals surface area contributed by atoms with Crippen LogP contribution >= 0.6 is 15.9 Å². The quantitative estimate of drug-likeness (QED) is 0.800. The molecular weight excluding hydrogens is 392 g/mol. The van der Waals surface area contributed by atoms with Crippen LogP contribution < -0.4 is 5.32 Å². The Hall–Kier alpha value is -1.69. The number of carbonyl (C=O) groups is 1. The van der Waals surface area contributed by atoms with Gasteiger partial charge in [-0.25, -0.2) is 0 Å². The molecule has 0 aromatic heterocycles. The highest BCUT2D eigenvalue weighted by molar-refractivity contribution is 9.10. The maximum Gasteiger partial charge on any atom is 0.251 e. The van der Waals surface area contributed by atoms with Crippen LogP contribution in [0.1, 0.15) is 35.3 Å². The third-order valence-corrected chi connectivity index (χ3v) is 5.03. The van der Waals surface area contributed by atoms with Crippen LogP contribution in [0.3, 0.4) is 0 Å². The lowest BCUT2D eigenvalue weighted by Gasteiger charge is -2.35. The van der Waals surface area contributed by atoms with E-state index in [4.69, 9.17) is 4.74 Å². The van der Waals surface area contributed by atoms with Gasteiger partial charge in [-0.3, -0.25) is 9.69 Å². The van der Waals surface area contributed by atoms with E-state index in [-0.39, 0.29) is 18.1 Å². The lowest BCUT2D eigenvalue weighted by Crippen LogP contribution is -2.45. The van der Waals surface area contributed by atoms with Gasteiger partial charge >= 0.3 is 0 Å². The number of halogens is 1. The molecule has 2 aromatic carbocycles. The summed E-state index contributed by atoms with van der Waals surface area (Å²) in [6.07, 6.45) is 0.504. The molecule has 1 saturated heterocycles. The van der Waals surface area contributed by atoms with Crippen LogP contribution in [0.25, 0.3) is 0 Å². The van der Waals surface area contributed by atoms with E-state index in [1.807, 2.05) is 30.3 Å². The minimum Gasteiger partial charge on any atom is -0.373 e. The summed E-state index contributed by atoms with van der Waals surface area (Å²) >= 11 is 3.41. The van der Waals surface area contributed by atoms with E-state index < -0.39 is 0 Å². The highest BCUT2D eigenvalue weighted by Crippen LogP contribution is 2.17. The summed E-state index contributed by atoms with van der Waals surface area (Å²) in [7, 11) is 0. The van der Waals surface area contributed by atoms with Gasteiger partial charge in [0.15, 0.2) is 0 Å². The topological polar surface area (TPSA) is 41.6 Å². The number of hydrogen-bond donors (Lipinski definition) is 1. The van der Waals surface area contributed by atoms with Gasteiger partial charge < -0.3 is 10.1 Å². The third-order valence-electron chi connectivity index (χ3n) is 4.53. The van der Waals surface area contributed by atoms with Crippen molar-refractivity contribution in [3.8, 4) is 0 Å². The molecule has 0 aliphatic carbocycles. The SMILES string of the molecule is CC1CN(Cc2ccccc2CNC(=O)c2cccc(Br)c2)CC(C)O1. The number of nitrogens with one attached hydrogen (secondary N) is 1. The fourth-order valence-corrected chi connectivity index (χ4v) is 3.85. The highest BCUT2D eigenvalue weighted by Gasteiger charge is 2.22. The Morgan fingerprint density at radius 1 is 1.12 bits per heavy atom. The van der Waals surface area contributed by atoms with Crippen molar-refractivity contribution in [2.24, 2.45) is 0 Å². The van der Waals surface area contributed by atoms with Gasteiger partial charge in [0, 0.05) is 36.2 Å². The maximum absolute atomic E-state index is 12.4. The first-order chi connectivity index (χ1) is 12.5. The molecule has 1 fully saturated rings. The first-order valence-corrected chi connectivity index (χ1v) is 9.79. The van der Waals surface area contributed by atoms with E-state index in [1.165, 1.54) is 5.56 Å². The maximum atomic E-state index is 12.4. The molecule has 1 aliphatic rings. The average Bonchev–Trinajstić information content (AvgIpc) is 2.60. The van der Waals surface area contributed by atoms with Crippen LogP contribution in [-0.4, -0.2) is 36.1 Å². The van der Waals surface area contributed by atoms with Crippen LogP contribution in [0.4, 0.5) is 0 Å². The first-order valence-electron chi connectivity index (χ1n) is 8.99. The minimum atomic E-state index is -0.0604. The largest absolute Gasteiger partial charge is 0.373 e. The molecule has 138 valence electrons. The van der Waals surface area contributed by atoms with E-state index in [1.54, 1.807) is 0 Å². The van der Waals surface area contributed by atoms with Crippen molar-refractivity contribution in [3.63, 3.8) is 0 Å². The molecule has 5 heteroatoms. The molecule has 4 nitrogen and oxygen atoms in total. The summed E-state index contributed by atoms with van der Waals surface area (Å²) in [6, 6.07) is 15.7. The van der Waals surface area contributed by atoms with Crippen LogP contribution in [0, 0.1) is 0 Å². The predicted octanol–water partition coefficient (Wildman–Crippen LogP) is 3.99. The predicted molar refractivity (Wildman–Crippen MR) is 107 cm³/mol. The Kier molecular flexibility index (Phi) is 6.46. The molecule has 26 heavy (non-hydrogen) atoms. The Balaban J connectivity index is 1.64. The van der Waals surface area contributed by atoms with Crippen LogP contribution in [0.5, 0.6) is 0 Å². The molecule has 1 N–H and O–H groups in total. The number of ether oxygens (including phenoxy) is 1.